The van der Waals surface area contributed by atoms with Gasteiger partial charge in [0.15, 0.2) is 0 Å². The van der Waals surface area contributed by atoms with Crippen LogP contribution in [-0.4, -0.2) is 58.9 Å². The van der Waals surface area contributed by atoms with Crippen LogP contribution < -0.4 is 20.6 Å². The van der Waals surface area contributed by atoms with Gasteiger partial charge in [0.2, 0.25) is 11.8 Å². The van der Waals surface area contributed by atoms with E-state index in [-0.39, 0.29) is 29.9 Å². The summed E-state index contributed by atoms with van der Waals surface area (Å²) >= 11 is 0. The van der Waals surface area contributed by atoms with Gasteiger partial charge in [-0.25, -0.2) is 4.79 Å². The van der Waals surface area contributed by atoms with E-state index < -0.39 is 64.7 Å². The van der Waals surface area contributed by atoms with E-state index in [1.54, 1.807) is 48.5 Å². The maximum Gasteiger partial charge on any atom is 0.328 e. The molecule has 12 heteroatoms. The summed E-state index contributed by atoms with van der Waals surface area (Å²) in [6.07, 6.45) is 1.91. The van der Waals surface area contributed by atoms with Crippen molar-refractivity contribution in [2.24, 2.45) is 29.4 Å². The number of amides is 6. The van der Waals surface area contributed by atoms with Gasteiger partial charge in [-0.1, -0.05) is 59.7 Å². The Hall–Kier alpha value is -5.65. The number of allylic oxidation sites excluding steroid dienone is 2. The largest absolute Gasteiger partial charge is 0.507 e. The molecule has 6 atom stereocenters. The summed E-state index contributed by atoms with van der Waals surface area (Å²) in [4.78, 5) is 69.7. The number of urea groups is 1. The van der Waals surface area contributed by atoms with Crippen LogP contribution in [0.5, 0.6) is 17.2 Å². The molecule has 0 unspecified atom stereocenters. The van der Waals surface area contributed by atoms with Crippen molar-refractivity contribution < 1.29 is 38.6 Å². The number of aryl methyl sites for hydroxylation is 1. The third kappa shape index (κ3) is 4.24. The number of methoxy groups -OCH3 is 2. The lowest BCUT2D eigenvalue weighted by atomic mass is 9.49. The number of nitrogens with one attached hydrogen (secondary N) is 1. The number of aromatic hydroxyl groups is 1. The Bertz CT molecular complexity index is 1910. The van der Waals surface area contributed by atoms with Crippen LogP contribution in [0.1, 0.15) is 35.4 Å². The summed E-state index contributed by atoms with van der Waals surface area (Å²) in [5.41, 5.74) is 9.72. The van der Waals surface area contributed by atoms with Crippen molar-refractivity contribution in [3.05, 3.63) is 95.1 Å². The van der Waals surface area contributed by atoms with Crippen LogP contribution >= 0.6 is 0 Å². The lowest BCUT2D eigenvalue weighted by Gasteiger charge is -2.50. The Balaban J connectivity index is 1.50. The number of likely N-dealkylation sites (tertiary alicyclic amines) is 1. The summed E-state index contributed by atoms with van der Waals surface area (Å²) < 4.78 is 11.2. The molecule has 6 amide bonds. The summed E-state index contributed by atoms with van der Waals surface area (Å²) in [7, 11) is 2.86. The second-order valence-electron chi connectivity index (χ2n) is 12.7. The average Bonchev–Trinajstić information content (AvgIpc) is 3.47. The smallest absolute Gasteiger partial charge is 0.328 e. The number of nitrogens with two attached hydrogens (primary N) is 1. The molecular formula is C36H34N4O8. The Labute approximate surface area is 276 Å². The number of anilines is 1. The molecule has 2 aliphatic carbocycles. The summed E-state index contributed by atoms with van der Waals surface area (Å²) in [6, 6.07) is 18.0. The first-order valence-corrected chi connectivity index (χ1v) is 15.6. The van der Waals surface area contributed by atoms with Crippen LogP contribution in [0.2, 0.25) is 0 Å². The molecule has 2 aliphatic heterocycles. The number of benzene rings is 3. The number of phenols is 1. The van der Waals surface area contributed by atoms with E-state index in [9.17, 15) is 24.3 Å². The summed E-state index contributed by atoms with van der Waals surface area (Å²) in [6.45, 7) is 1.92. The molecule has 0 spiro atoms. The normalized spacial score (nSPS) is 27.6. The van der Waals surface area contributed by atoms with Gasteiger partial charge in [0.05, 0.1) is 43.1 Å². The molecule has 3 aromatic rings. The van der Waals surface area contributed by atoms with Crippen molar-refractivity contribution in [1.29, 1.82) is 0 Å². The fourth-order valence-electron chi connectivity index (χ4n) is 8.44. The lowest BCUT2D eigenvalue weighted by Crippen LogP contribution is -2.53. The highest BCUT2D eigenvalue weighted by Gasteiger charge is 2.71. The second-order valence-corrected chi connectivity index (χ2v) is 12.7. The van der Waals surface area contributed by atoms with Crippen molar-refractivity contribution in [1.82, 2.24) is 9.91 Å². The van der Waals surface area contributed by atoms with E-state index in [4.69, 9.17) is 15.2 Å². The maximum absolute atomic E-state index is 15.2. The van der Waals surface area contributed by atoms with Crippen molar-refractivity contribution in [2.75, 3.05) is 19.6 Å². The van der Waals surface area contributed by atoms with Crippen LogP contribution in [0.3, 0.4) is 0 Å². The quantitative estimate of drug-likeness (QED) is 0.266. The molecule has 246 valence electrons. The molecule has 48 heavy (non-hydrogen) atoms. The number of rotatable bonds is 6. The number of nitrogens with zero attached hydrogens (tertiary/aromatic N) is 2. The van der Waals surface area contributed by atoms with Crippen molar-refractivity contribution in [2.45, 2.75) is 31.1 Å². The number of carbonyl (C=O) groups excluding carboxylic acids is 5. The van der Waals surface area contributed by atoms with Gasteiger partial charge in [0, 0.05) is 23.6 Å². The summed E-state index contributed by atoms with van der Waals surface area (Å²) in [5, 5.41) is 12.8. The Morgan fingerprint density at radius 3 is 2.29 bits per heavy atom. The molecule has 3 fully saturated rings. The molecule has 2 heterocycles. The minimum Gasteiger partial charge on any atom is -0.507 e. The van der Waals surface area contributed by atoms with Gasteiger partial charge in [-0.05, 0) is 43.4 Å². The Kier molecular flexibility index (Phi) is 7.26. The third-order valence-corrected chi connectivity index (χ3v) is 10.5. The SMILES string of the molecule is COc1cc(O)c([C@H]2C3=CC[C@@H]4C(=O)N(C(N)=O)C(=O)[C@@H]4[C@@H]3C[C@H]3C(=O)N(Nc4ccc(C)cc4)C(=O)[C@@]23c2ccccc2)c(OC)c1. The molecule has 7 rings (SSSR count). The second kappa shape index (κ2) is 11.3. The van der Waals surface area contributed by atoms with E-state index in [1.165, 1.54) is 20.3 Å². The number of primary amides is 1. The number of fused-ring (bicyclic) bond motifs is 4. The molecule has 12 nitrogen and oxygen atoms in total. The van der Waals surface area contributed by atoms with Gasteiger partial charge in [-0.2, -0.15) is 9.91 Å². The van der Waals surface area contributed by atoms with Gasteiger partial charge in [-0.3, -0.25) is 24.6 Å². The summed E-state index contributed by atoms with van der Waals surface area (Å²) in [5.74, 6) is -7.00. The van der Waals surface area contributed by atoms with E-state index in [0.717, 1.165) is 10.6 Å². The molecule has 4 N–H and O–H groups in total. The standard InChI is InChI=1S/C36H34N4O8/c1-18-9-11-20(12-10-18)38-40-32(43)25-17-24-22(13-14-23-28(24)33(44)39(31(23)42)35(37)46)30(29-26(41)15-21(47-2)16-27(29)48-3)36(25,34(40)45)19-7-5-4-6-8-19/h4-13,15-16,23-25,28,30,38,41H,14,17H2,1-3H3,(H2,37,46)/t23-,24+,25-,28-,30+,36+/m0/s1. The fourth-order valence-corrected chi connectivity index (χ4v) is 8.44. The average molecular weight is 651 g/mol. The highest BCUT2D eigenvalue weighted by atomic mass is 16.5. The van der Waals surface area contributed by atoms with E-state index >= 15 is 4.79 Å². The first kappa shape index (κ1) is 31.0. The van der Waals surface area contributed by atoms with Gasteiger partial charge in [0.25, 0.3) is 11.8 Å². The minimum absolute atomic E-state index is 0.0138. The number of ether oxygens (including phenoxy) is 2. The molecular weight excluding hydrogens is 616 g/mol. The van der Waals surface area contributed by atoms with Gasteiger partial charge >= 0.3 is 6.03 Å². The van der Waals surface area contributed by atoms with E-state index in [0.29, 0.717) is 27.5 Å². The van der Waals surface area contributed by atoms with Crippen LogP contribution in [0.15, 0.2) is 78.4 Å². The molecule has 0 aromatic heterocycles. The molecule has 0 radical (unpaired) electrons. The van der Waals surface area contributed by atoms with Crippen molar-refractivity contribution in [3.8, 4) is 17.2 Å². The first-order chi connectivity index (χ1) is 23.0. The number of hydrazine groups is 1. The van der Waals surface area contributed by atoms with E-state index in [2.05, 4.69) is 5.43 Å². The fraction of sp³-hybridized carbons (Fsp3) is 0.306. The van der Waals surface area contributed by atoms with Crippen LogP contribution in [0.25, 0.3) is 0 Å². The zero-order valence-corrected chi connectivity index (χ0v) is 26.5. The molecule has 0 bridgehead atoms. The molecule has 4 aliphatic rings. The van der Waals surface area contributed by atoms with Crippen molar-refractivity contribution >= 4 is 35.3 Å². The van der Waals surface area contributed by atoms with Crippen LogP contribution in [-0.2, 0) is 24.6 Å². The van der Waals surface area contributed by atoms with Gasteiger partial charge in [-0.15, -0.1) is 0 Å². The Morgan fingerprint density at radius 1 is 0.938 bits per heavy atom. The van der Waals surface area contributed by atoms with E-state index in [1.807, 2.05) is 25.1 Å². The highest BCUT2D eigenvalue weighted by Crippen LogP contribution is 2.66. The number of hydrogen-bond acceptors (Lipinski definition) is 9. The van der Waals surface area contributed by atoms with Gasteiger partial charge < -0.3 is 20.3 Å². The van der Waals surface area contributed by atoms with Gasteiger partial charge in [0.1, 0.15) is 17.2 Å². The molecule has 3 aromatic carbocycles. The van der Waals surface area contributed by atoms with Crippen LogP contribution in [0.4, 0.5) is 10.5 Å². The number of phenolic OH excluding ortho intramolecular Hbond substituents is 1. The molecule has 1 saturated carbocycles. The lowest BCUT2D eigenvalue weighted by molar-refractivity contribution is -0.139. The van der Waals surface area contributed by atoms with Crippen LogP contribution in [0, 0.1) is 30.6 Å². The Morgan fingerprint density at radius 2 is 1.65 bits per heavy atom. The maximum atomic E-state index is 15.2. The zero-order chi connectivity index (χ0) is 34.1. The first-order valence-electron chi connectivity index (χ1n) is 15.6. The zero-order valence-electron chi connectivity index (χ0n) is 26.5. The highest BCUT2D eigenvalue weighted by molar-refractivity contribution is 6.17. The molecule has 2 saturated heterocycles. The number of imide groups is 4. The minimum atomic E-state index is -1.63. The predicted molar refractivity (Wildman–Crippen MR) is 171 cm³/mol. The number of hydrogen-bond donors (Lipinski definition) is 3. The van der Waals surface area contributed by atoms with Crippen molar-refractivity contribution in [3.63, 3.8) is 0 Å². The third-order valence-electron chi connectivity index (χ3n) is 10.5. The predicted octanol–water partition coefficient (Wildman–Crippen LogP) is 3.78. The monoisotopic (exact) mass is 650 g/mol. The topological polar surface area (TPSA) is 169 Å². The number of carbonyl (C=O) groups is 5.